The molecule has 17 heavy (non-hydrogen) atoms. The van der Waals surface area contributed by atoms with Crippen molar-refractivity contribution in [2.45, 2.75) is 12.5 Å². The Balaban J connectivity index is 2.18. The van der Waals surface area contributed by atoms with E-state index in [2.05, 4.69) is 5.32 Å². The van der Waals surface area contributed by atoms with Gasteiger partial charge in [-0.25, -0.2) is 0 Å². The SMILES string of the molecule is CN(CCCO)c1ccc2c(c1)NC(=O)C2N. The molecule has 0 aliphatic carbocycles. The van der Waals surface area contributed by atoms with Crippen LogP contribution in [0, 0.1) is 0 Å². The maximum absolute atomic E-state index is 11.4. The molecule has 1 aliphatic heterocycles. The van der Waals surface area contributed by atoms with Gasteiger partial charge in [0.15, 0.2) is 0 Å². The number of rotatable bonds is 4. The fourth-order valence-corrected chi connectivity index (χ4v) is 1.95. The summed E-state index contributed by atoms with van der Waals surface area (Å²) in [6, 6.07) is 5.18. The first kappa shape index (κ1) is 11.9. The summed E-state index contributed by atoms with van der Waals surface area (Å²) in [6.07, 6.45) is 0.722. The van der Waals surface area contributed by atoms with E-state index < -0.39 is 6.04 Å². The van der Waals surface area contributed by atoms with Gasteiger partial charge in [-0.15, -0.1) is 0 Å². The quantitative estimate of drug-likeness (QED) is 0.708. The Bertz CT molecular complexity index is 434. The molecule has 1 heterocycles. The van der Waals surface area contributed by atoms with Crippen molar-refractivity contribution in [1.82, 2.24) is 0 Å². The summed E-state index contributed by atoms with van der Waals surface area (Å²) in [7, 11) is 1.95. The lowest BCUT2D eigenvalue weighted by molar-refractivity contribution is -0.116. The third kappa shape index (κ3) is 2.25. The number of anilines is 2. The number of hydrogen-bond acceptors (Lipinski definition) is 4. The average Bonchev–Trinajstić information content (AvgIpc) is 2.61. The molecule has 1 aliphatic rings. The van der Waals surface area contributed by atoms with Crippen molar-refractivity contribution in [1.29, 1.82) is 0 Å². The number of carbonyl (C=O) groups excluding carboxylic acids is 1. The van der Waals surface area contributed by atoms with E-state index in [9.17, 15) is 4.79 Å². The lowest BCUT2D eigenvalue weighted by Crippen LogP contribution is -2.19. The van der Waals surface area contributed by atoms with Crippen molar-refractivity contribution < 1.29 is 9.90 Å². The van der Waals surface area contributed by atoms with E-state index in [1.54, 1.807) is 0 Å². The Labute approximate surface area is 100 Å². The predicted octanol–water partition coefficient (Wildman–Crippen LogP) is 0.457. The van der Waals surface area contributed by atoms with Crippen molar-refractivity contribution in [2.75, 3.05) is 30.4 Å². The van der Waals surface area contributed by atoms with Gasteiger partial charge in [0.1, 0.15) is 6.04 Å². The summed E-state index contributed by atoms with van der Waals surface area (Å²) in [5.74, 6) is -0.157. The van der Waals surface area contributed by atoms with Crippen molar-refractivity contribution in [3.8, 4) is 0 Å². The second-order valence-corrected chi connectivity index (χ2v) is 4.24. The van der Waals surface area contributed by atoms with Gasteiger partial charge < -0.3 is 21.1 Å². The summed E-state index contributed by atoms with van der Waals surface area (Å²) >= 11 is 0. The van der Waals surface area contributed by atoms with Crippen LogP contribution < -0.4 is 16.0 Å². The monoisotopic (exact) mass is 235 g/mol. The summed E-state index contributed by atoms with van der Waals surface area (Å²) in [5.41, 5.74) is 8.37. The van der Waals surface area contributed by atoms with E-state index in [1.165, 1.54) is 0 Å². The molecule has 0 fully saturated rings. The largest absolute Gasteiger partial charge is 0.396 e. The molecule has 2 rings (SSSR count). The fraction of sp³-hybridized carbons (Fsp3) is 0.417. The highest BCUT2D eigenvalue weighted by molar-refractivity contribution is 6.02. The summed E-state index contributed by atoms with van der Waals surface area (Å²) in [5, 5.41) is 11.5. The van der Waals surface area contributed by atoms with Crippen molar-refractivity contribution in [3.05, 3.63) is 23.8 Å². The summed E-state index contributed by atoms with van der Waals surface area (Å²) in [4.78, 5) is 13.4. The van der Waals surface area contributed by atoms with Crippen molar-refractivity contribution in [2.24, 2.45) is 5.73 Å². The number of aliphatic hydroxyl groups excluding tert-OH is 1. The highest BCUT2D eigenvalue weighted by Gasteiger charge is 2.27. The molecule has 0 bridgehead atoms. The molecule has 0 saturated heterocycles. The van der Waals surface area contributed by atoms with E-state index in [1.807, 2.05) is 30.1 Å². The molecular weight excluding hydrogens is 218 g/mol. The molecule has 1 aromatic carbocycles. The summed E-state index contributed by atoms with van der Waals surface area (Å²) in [6.45, 7) is 0.951. The van der Waals surface area contributed by atoms with Crippen LogP contribution in [-0.4, -0.2) is 31.2 Å². The molecule has 1 aromatic rings. The van der Waals surface area contributed by atoms with Gasteiger partial charge in [-0.3, -0.25) is 4.79 Å². The number of fused-ring (bicyclic) bond motifs is 1. The highest BCUT2D eigenvalue weighted by Crippen LogP contribution is 2.32. The Hall–Kier alpha value is -1.59. The Morgan fingerprint density at radius 2 is 2.29 bits per heavy atom. The number of carbonyl (C=O) groups is 1. The molecule has 1 atom stereocenters. The van der Waals surface area contributed by atoms with E-state index in [-0.39, 0.29) is 12.5 Å². The lowest BCUT2D eigenvalue weighted by Gasteiger charge is -2.19. The number of hydrogen-bond donors (Lipinski definition) is 3. The molecule has 0 radical (unpaired) electrons. The molecular formula is C12H17N3O2. The molecule has 0 saturated carbocycles. The zero-order valence-electron chi connectivity index (χ0n) is 9.81. The van der Waals surface area contributed by atoms with Crippen LogP contribution in [-0.2, 0) is 4.79 Å². The number of amides is 1. The predicted molar refractivity (Wildman–Crippen MR) is 67.0 cm³/mol. The van der Waals surface area contributed by atoms with Gasteiger partial charge in [0, 0.05) is 37.1 Å². The van der Waals surface area contributed by atoms with Crippen LogP contribution in [0.1, 0.15) is 18.0 Å². The second kappa shape index (κ2) is 4.73. The van der Waals surface area contributed by atoms with E-state index >= 15 is 0 Å². The molecule has 92 valence electrons. The first-order valence-corrected chi connectivity index (χ1v) is 5.66. The van der Waals surface area contributed by atoms with Gasteiger partial charge in [-0.05, 0) is 18.6 Å². The van der Waals surface area contributed by atoms with Crippen LogP contribution in [0.4, 0.5) is 11.4 Å². The van der Waals surface area contributed by atoms with Gasteiger partial charge in [-0.2, -0.15) is 0 Å². The number of nitrogens with one attached hydrogen (secondary N) is 1. The van der Waals surface area contributed by atoms with Crippen LogP contribution in [0.3, 0.4) is 0 Å². The van der Waals surface area contributed by atoms with Gasteiger partial charge >= 0.3 is 0 Å². The minimum absolute atomic E-state index is 0.157. The molecule has 4 N–H and O–H groups in total. The Kier molecular flexibility index (Phi) is 3.31. The van der Waals surface area contributed by atoms with Gasteiger partial charge in [-0.1, -0.05) is 6.07 Å². The van der Waals surface area contributed by atoms with Gasteiger partial charge in [0.05, 0.1) is 0 Å². The molecule has 0 spiro atoms. The van der Waals surface area contributed by atoms with Gasteiger partial charge in [0.2, 0.25) is 5.91 Å². The second-order valence-electron chi connectivity index (χ2n) is 4.24. The topological polar surface area (TPSA) is 78.6 Å². The first-order valence-electron chi connectivity index (χ1n) is 5.66. The van der Waals surface area contributed by atoms with Crippen LogP contribution in [0.2, 0.25) is 0 Å². The molecule has 1 amide bonds. The third-order valence-corrected chi connectivity index (χ3v) is 3.00. The maximum Gasteiger partial charge on any atom is 0.245 e. The van der Waals surface area contributed by atoms with E-state index in [0.29, 0.717) is 0 Å². The van der Waals surface area contributed by atoms with Gasteiger partial charge in [0.25, 0.3) is 0 Å². The normalized spacial score (nSPS) is 17.8. The Morgan fingerprint density at radius 1 is 1.53 bits per heavy atom. The maximum atomic E-state index is 11.4. The fourth-order valence-electron chi connectivity index (χ4n) is 1.95. The minimum Gasteiger partial charge on any atom is -0.396 e. The first-order chi connectivity index (χ1) is 8.13. The van der Waals surface area contributed by atoms with Crippen molar-refractivity contribution >= 4 is 17.3 Å². The average molecular weight is 235 g/mol. The number of benzene rings is 1. The third-order valence-electron chi connectivity index (χ3n) is 3.00. The van der Waals surface area contributed by atoms with E-state index in [4.69, 9.17) is 10.8 Å². The standard InChI is InChI=1S/C12H17N3O2/c1-15(5-2-6-16)8-3-4-9-10(7-8)14-12(17)11(9)13/h3-4,7,11,16H,2,5-6,13H2,1H3,(H,14,17). The number of aliphatic hydroxyl groups is 1. The number of nitrogens with zero attached hydrogens (tertiary/aromatic N) is 1. The van der Waals surface area contributed by atoms with E-state index in [0.717, 1.165) is 29.9 Å². The number of nitrogens with two attached hydrogens (primary N) is 1. The zero-order chi connectivity index (χ0) is 12.4. The van der Waals surface area contributed by atoms with Crippen LogP contribution in [0.5, 0.6) is 0 Å². The van der Waals surface area contributed by atoms with Crippen molar-refractivity contribution in [3.63, 3.8) is 0 Å². The van der Waals surface area contributed by atoms with Crippen LogP contribution in [0.25, 0.3) is 0 Å². The lowest BCUT2D eigenvalue weighted by atomic mass is 10.1. The summed E-state index contributed by atoms with van der Waals surface area (Å²) < 4.78 is 0. The minimum atomic E-state index is -0.554. The zero-order valence-corrected chi connectivity index (χ0v) is 9.81. The van der Waals surface area contributed by atoms with Crippen LogP contribution in [0.15, 0.2) is 18.2 Å². The smallest absolute Gasteiger partial charge is 0.245 e. The molecule has 5 nitrogen and oxygen atoms in total. The van der Waals surface area contributed by atoms with Crippen LogP contribution >= 0.6 is 0 Å². The highest BCUT2D eigenvalue weighted by atomic mass is 16.3. The molecule has 1 unspecified atom stereocenters. The Morgan fingerprint density at radius 3 is 3.00 bits per heavy atom. The molecule has 0 aromatic heterocycles. The molecule has 5 heteroatoms.